The number of hydrogen-bond acceptors (Lipinski definition) is 6. The first-order chi connectivity index (χ1) is 15.3. The number of nitrogens with zero attached hydrogens (tertiary/aromatic N) is 5. The summed E-state index contributed by atoms with van der Waals surface area (Å²) in [6.45, 7) is 4.43. The zero-order valence-electron chi connectivity index (χ0n) is 17.2. The van der Waals surface area contributed by atoms with Crippen LogP contribution in [0, 0.1) is 11.3 Å². The van der Waals surface area contributed by atoms with Crippen LogP contribution < -0.4 is 4.90 Å². The van der Waals surface area contributed by atoms with E-state index in [1.807, 2.05) is 42.6 Å². The molecule has 31 heavy (non-hydrogen) atoms. The maximum Gasteiger partial charge on any atom is 0.235 e. The van der Waals surface area contributed by atoms with E-state index in [1.54, 1.807) is 0 Å². The van der Waals surface area contributed by atoms with Crippen molar-refractivity contribution in [3.63, 3.8) is 0 Å². The van der Waals surface area contributed by atoms with E-state index >= 15 is 0 Å². The highest BCUT2D eigenvalue weighted by Gasteiger charge is 2.25. The molecular formula is C25H23N5O. The molecule has 1 saturated heterocycles. The highest BCUT2D eigenvalue weighted by atomic mass is 16.4. The van der Waals surface area contributed by atoms with Gasteiger partial charge in [-0.15, -0.1) is 0 Å². The third kappa shape index (κ3) is 4.00. The Morgan fingerprint density at radius 2 is 1.74 bits per heavy atom. The van der Waals surface area contributed by atoms with Gasteiger partial charge in [-0.25, -0.2) is 0 Å². The molecule has 2 aromatic carbocycles. The topological polar surface area (TPSA) is 69.2 Å². The molecule has 0 bridgehead atoms. The quantitative estimate of drug-likeness (QED) is 0.494. The number of fused-ring (bicyclic) bond motifs is 1. The summed E-state index contributed by atoms with van der Waals surface area (Å²) >= 11 is 0. The predicted molar refractivity (Wildman–Crippen MR) is 121 cm³/mol. The van der Waals surface area contributed by atoms with Crippen LogP contribution in [0.1, 0.15) is 11.4 Å². The zero-order valence-corrected chi connectivity index (χ0v) is 17.2. The number of hydrogen-bond donors (Lipinski definition) is 0. The second-order valence-electron chi connectivity index (χ2n) is 7.71. The van der Waals surface area contributed by atoms with Gasteiger partial charge in [0.2, 0.25) is 17.5 Å². The molecule has 5 rings (SSSR count). The molecule has 0 atom stereocenters. The normalized spacial score (nSPS) is 14.6. The zero-order chi connectivity index (χ0) is 21.0. The summed E-state index contributed by atoms with van der Waals surface area (Å²) in [6, 6.07) is 22.5. The third-order valence-corrected chi connectivity index (χ3v) is 5.81. The molecule has 0 unspecified atom stereocenters. The van der Waals surface area contributed by atoms with Crippen molar-refractivity contribution in [2.45, 2.75) is 6.42 Å². The first kappa shape index (κ1) is 19.3. The molecular weight excluding hydrogens is 386 g/mol. The van der Waals surface area contributed by atoms with E-state index in [-0.39, 0.29) is 0 Å². The summed E-state index contributed by atoms with van der Waals surface area (Å²) in [5.41, 5.74) is 2.38. The van der Waals surface area contributed by atoms with Crippen molar-refractivity contribution in [3.05, 3.63) is 78.2 Å². The Balaban J connectivity index is 1.31. The van der Waals surface area contributed by atoms with Crippen molar-refractivity contribution in [1.29, 1.82) is 5.26 Å². The number of oxazole rings is 1. The monoisotopic (exact) mass is 409 g/mol. The van der Waals surface area contributed by atoms with Crippen LogP contribution in [-0.2, 0) is 6.42 Å². The Morgan fingerprint density at radius 3 is 2.55 bits per heavy atom. The number of rotatable bonds is 5. The molecule has 3 heterocycles. The summed E-state index contributed by atoms with van der Waals surface area (Å²) in [5, 5.41) is 11.9. The van der Waals surface area contributed by atoms with Crippen LogP contribution in [0.5, 0.6) is 0 Å². The Bertz CT molecular complexity index is 1210. The van der Waals surface area contributed by atoms with Crippen LogP contribution in [0.25, 0.3) is 22.2 Å². The maximum absolute atomic E-state index is 9.67. The number of nitriles is 1. The lowest BCUT2D eigenvalue weighted by molar-refractivity contribution is 0.256. The van der Waals surface area contributed by atoms with Crippen LogP contribution in [-0.4, -0.2) is 47.6 Å². The summed E-state index contributed by atoms with van der Waals surface area (Å²) in [4.78, 5) is 13.5. The summed E-state index contributed by atoms with van der Waals surface area (Å²) in [7, 11) is 0. The number of piperazine rings is 1. The standard InChI is InChI=1S/C25H23N5O/c26-18-23-25(30-16-14-29(15-17-30)13-11-20-8-3-4-12-27-20)31-24(28-23)22-10-5-7-19-6-1-2-9-21(19)22/h1-10,12H,11,13-17H2. The lowest BCUT2D eigenvalue weighted by atomic mass is 10.0. The Morgan fingerprint density at radius 1 is 0.935 bits per heavy atom. The molecule has 0 amide bonds. The van der Waals surface area contributed by atoms with Crippen molar-refractivity contribution in [1.82, 2.24) is 14.9 Å². The third-order valence-electron chi connectivity index (χ3n) is 5.81. The Labute approximate surface area is 181 Å². The first-order valence-electron chi connectivity index (χ1n) is 10.6. The fraction of sp³-hybridized carbons (Fsp3) is 0.240. The second-order valence-corrected chi connectivity index (χ2v) is 7.71. The van der Waals surface area contributed by atoms with E-state index in [0.29, 0.717) is 17.5 Å². The fourth-order valence-electron chi connectivity index (χ4n) is 4.12. The molecule has 4 aromatic rings. The average Bonchev–Trinajstić information content (AvgIpc) is 3.28. The highest BCUT2D eigenvalue weighted by molar-refractivity contribution is 5.94. The van der Waals surface area contributed by atoms with Crippen molar-refractivity contribution in [2.75, 3.05) is 37.6 Å². The van der Waals surface area contributed by atoms with Crippen LogP contribution >= 0.6 is 0 Å². The molecule has 1 aliphatic heterocycles. The van der Waals surface area contributed by atoms with Crippen molar-refractivity contribution >= 4 is 16.7 Å². The SMILES string of the molecule is N#Cc1nc(-c2cccc3ccccc23)oc1N1CCN(CCc2ccccn2)CC1. The van der Waals surface area contributed by atoms with Crippen LogP contribution in [0.15, 0.2) is 71.3 Å². The van der Waals surface area contributed by atoms with Gasteiger partial charge >= 0.3 is 0 Å². The van der Waals surface area contributed by atoms with Crippen LogP contribution in [0.3, 0.4) is 0 Å². The Hall–Kier alpha value is -3.69. The fourth-order valence-corrected chi connectivity index (χ4v) is 4.12. The number of benzene rings is 2. The van der Waals surface area contributed by atoms with Gasteiger partial charge in [-0.3, -0.25) is 9.88 Å². The minimum Gasteiger partial charge on any atom is -0.419 e. The molecule has 0 aliphatic carbocycles. The lowest BCUT2D eigenvalue weighted by Crippen LogP contribution is -2.47. The minimum absolute atomic E-state index is 0.352. The summed E-state index contributed by atoms with van der Waals surface area (Å²) in [5.74, 6) is 1.08. The van der Waals surface area contributed by atoms with E-state index in [0.717, 1.165) is 61.2 Å². The van der Waals surface area contributed by atoms with Crippen LogP contribution in [0.2, 0.25) is 0 Å². The van der Waals surface area contributed by atoms with E-state index < -0.39 is 0 Å². The van der Waals surface area contributed by atoms with Crippen molar-refractivity contribution in [2.24, 2.45) is 0 Å². The summed E-state index contributed by atoms with van der Waals surface area (Å²) < 4.78 is 6.17. The largest absolute Gasteiger partial charge is 0.419 e. The van der Waals surface area contributed by atoms with E-state index in [2.05, 4.69) is 50.1 Å². The molecule has 1 fully saturated rings. The van der Waals surface area contributed by atoms with Gasteiger partial charge in [-0.1, -0.05) is 42.5 Å². The molecule has 154 valence electrons. The van der Waals surface area contributed by atoms with Crippen molar-refractivity contribution < 1.29 is 4.42 Å². The number of aromatic nitrogens is 2. The number of pyridine rings is 1. The number of anilines is 1. The summed E-state index contributed by atoms with van der Waals surface area (Å²) in [6.07, 6.45) is 2.78. The lowest BCUT2D eigenvalue weighted by Gasteiger charge is -2.34. The molecule has 2 aromatic heterocycles. The van der Waals surface area contributed by atoms with Gasteiger partial charge in [-0.05, 0) is 29.0 Å². The highest BCUT2D eigenvalue weighted by Crippen LogP contribution is 2.33. The van der Waals surface area contributed by atoms with Gasteiger partial charge < -0.3 is 9.32 Å². The Kier molecular flexibility index (Phi) is 5.34. The van der Waals surface area contributed by atoms with Gasteiger partial charge in [-0.2, -0.15) is 10.2 Å². The smallest absolute Gasteiger partial charge is 0.235 e. The molecule has 0 saturated carbocycles. The molecule has 6 nitrogen and oxygen atoms in total. The average molecular weight is 409 g/mol. The van der Waals surface area contributed by atoms with Gasteiger partial charge in [0.15, 0.2) is 0 Å². The van der Waals surface area contributed by atoms with E-state index in [4.69, 9.17) is 4.42 Å². The molecule has 1 aliphatic rings. The van der Waals surface area contributed by atoms with Crippen LogP contribution in [0.4, 0.5) is 5.88 Å². The van der Waals surface area contributed by atoms with Gasteiger partial charge in [0.05, 0.1) is 0 Å². The first-order valence-corrected chi connectivity index (χ1v) is 10.6. The molecule has 0 spiro atoms. The minimum atomic E-state index is 0.352. The van der Waals surface area contributed by atoms with E-state index in [1.165, 1.54) is 0 Å². The van der Waals surface area contributed by atoms with E-state index in [9.17, 15) is 5.26 Å². The maximum atomic E-state index is 9.67. The predicted octanol–water partition coefficient (Wildman–Crippen LogP) is 4.13. The van der Waals surface area contributed by atoms with Crippen molar-refractivity contribution in [3.8, 4) is 17.5 Å². The molecule has 0 N–H and O–H groups in total. The second kappa shape index (κ2) is 8.58. The molecule has 6 heteroatoms. The van der Waals surface area contributed by atoms with Gasteiger partial charge in [0, 0.05) is 56.6 Å². The van der Waals surface area contributed by atoms with Gasteiger partial charge in [0.25, 0.3) is 0 Å². The van der Waals surface area contributed by atoms with Gasteiger partial charge in [0.1, 0.15) is 6.07 Å². The molecule has 0 radical (unpaired) electrons.